The van der Waals surface area contributed by atoms with Crippen molar-refractivity contribution >= 4 is 27.8 Å². The van der Waals surface area contributed by atoms with Crippen molar-refractivity contribution in [2.24, 2.45) is 0 Å². The molecule has 2 heterocycles. The molecule has 74 valence electrons. The minimum absolute atomic E-state index is 0.120. The normalized spacial score (nSPS) is 17.2. The average molecular weight is 256 g/mol. The molecule has 0 atom stereocenters. The van der Waals surface area contributed by atoms with E-state index in [0.29, 0.717) is 17.0 Å². The lowest BCUT2D eigenvalue weighted by Gasteiger charge is -2.24. The molecular formula is C9H10BrN3O. The largest absolute Gasteiger partial charge is 0.281 e. The summed E-state index contributed by atoms with van der Waals surface area (Å²) >= 11 is 3.26. The number of anilines is 1. The standard InChI is InChI=1S/C9H10BrN3O/c10-7-4-5-11-9(12-7)13-6-2-1-3-8(13)14/h4-5H,1-3,6H2. The first-order chi connectivity index (χ1) is 6.77. The van der Waals surface area contributed by atoms with E-state index in [9.17, 15) is 4.79 Å². The highest BCUT2D eigenvalue weighted by molar-refractivity contribution is 9.10. The molecule has 0 unspecified atom stereocenters. The van der Waals surface area contributed by atoms with Crippen molar-refractivity contribution in [1.29, 1.82) is 0 Å². The number of carbonyl (C=O) groups excluding carboxylic acids is 1. The van der Waals surface area contributed by atoms with Gasteiger partial charge in [0.25, 0.3) is 0 Å². The predicted octanol–water partition coefficient (Wildman–Crippen LogP) is 1.76. The van der Waals surface area contributed by atoms with Crippen molar-refractivity contribution in [3.05, 3.63) is 16.9 Å². The summed E-state index contributed by atoms with van der Waals surface area (Å²) in [5, 5.41) is 0. The number of carbonyl (C=O) groups is 1. The molecule has 1 fully saturated rings. The fraction of sp³-hybridized carbons (Fsp3) is 0.444. The second-order valence-corrected chi connectivity index (χ2v) is 3.99. The molecule has 1 aliphatic rings. The Morgan fingerprint density at radius 2 is 2.29 bits per heavy atom. The van der Waals surface area contributed by atoms with Crippen molar-refractivity contribution in [2.75, 3.05) is 11.4 Å². The molecule has 1 aromatic heterocycles. The van der Waals surface area contributed by atoms with Gasteiger partial charge < -0.3 is 0 Å². The van der Waals surface area contributed by atoms with Crippen LogP contribution in [-0.4, -0.2) is 22.4 Å². The Morgan fingerprint density at radius 3 is 3.00 bits per heavy atom. The molecule has 0 aliphatic carbocycles. The molecule has 0 spiro atoms. The maximum atomic E-state index is 11.5. The summed E-state index contributed by atoms with van der Waals surface area (Å²) in [5.74, 6) is 0.624. The van der Waals surface area contributed by atoms with Crippen LogP contribution in [-0.2, 0) is 4.79 Å². The van der Waals surface area contributed by atoms with Crippen LogP contribution in [0, 0.1) is 0 Å². The minimum atomic E-state index is 0.120. The summed E-state index contributed by atoms with van der Waals surface area (Å²) in [6.45, 7) is 0.731. The highest BCUT2D eigenvalue weighted by atomic mass is 79.9. The zero-order valence-corrected chi connectivity index (χ0v) is 9.20. The van der Waals surface area contributed by atoms with Gasteiger partial charge in [-0.3, -0.25) is 9.69 Å². The lowest BCUT2D eigenvalue weighted by atomic mass is 10.1. The molecule has 14 heavy (non-hydrogen) atoms. The highest BCUT2D eigenvalue weighted by Gasteiger charge is 2.21. The van der Waals surface area contributed by atoms with Crippen LogP contribution in [0.25, 0.3) is 0 Å². The van der Waals surface area contributed by atoms with Crippen LogP contribution in [0.4, 0.5) is 5.95 Å². The quantitative estimate of drug-likeness (QED) is 0.719. The van der Waals surface area contributed by atoms with Crippen molar-refractivity contribution in [3.63, 3.8) is 0 Å². The van der Waals surface area contributed by atoms with Crippen LogP contribution in [0.3, 0.4) is 0 Å². The van der Waals surface area contributed by atoms with Crippen LogP contribution in [0.1, 0.15) is 19.3 Å². The lowest BCUT2D eigenvalue weighted by Crippen LogP contribution is -2.36. The molecular weight excluding hydrogens is 246 g/mol. The number of halogens is 1. The van der Waals surface area contributed by atoms with E-state index >= 15 is 0 Å². The topological polar surface area (TPSA) is 46.1 Å². The van der Waals surface area contributed by atoms with Gasteiger partial charge in [0, 0.05) is 19.2 Å². The van der Waals surface area contributed by atoms with Crippen molar-refractivity contribution in [2.45, 2.75) is 19.3 Å². The van der Waals surface area contributed by atoms with Gasteiger partial charge >= 0.3 is 0 Å². The molecule has 2 rings (SSSR count). The molecule has 0 saturated carbocycles. The first-order valence-electron chi connectivity index (χ1n) is 4.56. The fourth-order valence-corrected chi connectivity index (χ4v) is 1.75. The molecule has 0 radical (unpaired) electrons. The van der Waals surface area contributed by atoms with E-state index in [0.717, 1.165) is 19.4 Å². The van der Waals surface area contributed by atoms with Gasteiger partial charge in [-0.25, -0.2) is 9.97 Å². The van der Waals surface area contributed by atoms with Gasteiger partial charge in [0.2, 0.25) is 11.9 Å². The Bertz CT molecular complexity index is 356. The van der Waals surface area contributed by atoms with Crippen LogP contribution in [0.2, 0.25) is 0 Å². The Balaban J connectivity index is 2.24. The zero-order valence-electron chi connectivity index (χ0n) is 7.61. The van der Waals surface area contributed by atoms with Gasteiger partial charge in [-0.2, -0.15) is 0 Å². The number of nitrogens with zero attached hydrogens (tertiary/aromatic N) is 3. The van der Waals surface area contributed by atoms with E-state index in [4.69, 9.17) is 0 Å². The SMILES string of the molecule is O=C1CCCCN1c1nccc(Br)n1. The maximum absolute atomic E-state index is 11.5. The average Bonchev–Trinajstić information content (AvgIpc) is 2.18. The fourth-order valence-electron chi connectivity index (χ4n) is 1.47. The predicted molar refractivity (Wildman–Crippen MR) is 55.9 cm³/mol. The Kier molecular flexibility index (Phi) is 2.77. The van der Waals surface area contributed by atoms with E-state index < -0.39 is 0 Å². The number of hydrogen-bond acceptors (Lipinski definition) is 3. The van der Waals surface area contributed by atoms with E-state index in [-0.39, 0.29) is 5.91 Å². The third-order valence-corrected chi connectivity index (χ3v) is 2.62. The summed E-state index contributed by atoms with van der Waals surface area (Å²) in [4.78, 5) is 21.4. The van der Waals surface area contributed by atoms with Gasteiger partial charge in [0.05, 0.1) is 0 Å². The number of rotatable bonds is 1. The Morgan fingerprint density at radius 1 is 1.43 bits per heavy atom. The number of hydrogen-bond donors (Lipinski definition) is 0. The van der Waals surface area contributed by atoms with Crippen molar-refractivity contribution in [3.8, 4) is 0 Å². The molecule has 1 saturated heterocycles. The van der Waals surface area contributed by atoms with Crippen molar-refractivity contribution < 1.29 is 4.79 Å². The number of aromatic nitrogens is 2. The minimum Gasteiger partial charge on any atom is -0.281 e. The second-order valence-electron chi connectivity index (χ2n) is 3.18. The number of piperidine rings is 1. The monoisotopic (exact) mass is 255 g/mol. The third-order valence-electron chi connectivity index (χ3n) is 2.17. The van der Waals surface area contributed by atoms with Gasteiger partial charge in [-0.1, -0.05) is 0 Å². The van der Waals surface area contributed by atoms with E-state index in [2.05, 4.69) is 25.9 Å². The van der Waals surface area contributed by atoms with Gasteiger partial charge in [-0.05, 0) is 34.8 Å². The van der Waals surface area contributed by atoms with Crippen LogP contribution in [0.15, 0.2) is 16.9 Å². The highest BCUT2D eigenvalue weighted by Crippen LogP contribution is 2.17. The van der Waals surface area contributed by atoms with Gasteiger partial charge in [-0.15, -0.1) is 0 Å². The van der Waals surface area contributed by atoms with Crippen LogP contribution < -0.4 is 4.90 Å². The summed E-state index contributed by atoms with van der Waals surface area (Å²) in [6.07, 6.45) is 4.26. The molecule has 0 aromatic carbocycles. The third kappa shape index (κ3) is 1.92. The summed E-state index contributed by atoms with van der Waals surface area (Å²) in [7, 11) is 0. The maximum Gasteiger partial charge on any atom is 0.233 e. The molecule has 0 bridgehead atoms. The molecule has 4 nitrogen and oxygen atoms in total. The zero-order chi connectivity index (χ0) is 9.97. The summed E-state index contributed by atoms with van der Waals surface area (Å²) < 4.78 is 0.709. The molecule has 1 amide bonds. The van der Waals surface area contributed by atoms with E-state index in [1.807, 2.05) is 0 Å². The van der Waals surface area contributed by atoms with E-state index in [1.165, 1.54) is 0 Å². The van der Waals surface area contributed by atoms with Gasteiger partial charge in [0.15, 0.2) is 0 Å². The molecule has 1 aromatic rings. The molecule has 0 N–H and O–H groups in total. The summed E-state index contributed by atoms with van der Waals surface area (Å²) in [5.41, 5.74) is 0. The molecule has 1 aliphatic heterocycles. The Labute approximate surface area is 90.5 Å². The first-order valence-corrected chi connectivity index (χ1v) is 5.35. The Hall–Kier alpha value is -0.970. The van der Waals surface area contributed by atoms with Gasteiger partial charge in [0.1, 0.15) is 4.60 Å². The first kappa shape index (κ1) is 9.58. The smallest absolute Gasteiger partial charge is 0.233 e. The van der Waals surface area contributed by atoms with Crippen molar-refractivity contribution in [1.82, 2.24) is 9.97 Å². The summed E-state index contributed by atoms with van der Waals surface area (Å²) in [6, 6.07) is 1.75. The van der Waals surface area contributed by atoms with Crippen LogP contribution >= 0.6 is 15.9 Å². The molecule has 5 heteroatoms. The van der Waals surface area contributed by atoms with Crippen LogP contribution in [0.5, 0.6) is 0 Å². The second kappa shape index (κ2) is 4.04. The van der Waals surface area contributed by atoms with E-state index in [1.54, 1.807) is 17.2 Å². The lowest BCUT2D eigenvalue weighted by molar-refractivity contribution is -0.119. The number of amides is 1.